The van der Waals surface area contributed by atoms with Crippen LogP contribution in [0.15, 0.2) is 48.9 Å². The lowest BCUT2D eigenvalue weighted by Crippen LogP contribution is -2.29. The van der Waals surface area contributed by atoms with Crippen molar-refractivity contribution >= 4 is 17.5 Å². The number of nitrogens with one attached hydrogen (secondary N) is 2. The Kier molecular flexibility index (Phi) is 6.78. The summed E-state index contributed by atoms with van der Waals surface area (Å²) in [6.45, 7) is 2.15. The van der Waals surface area contributed by atoms with E-state index in [9.17, 15) is 4.79 Å². The number of carbonyl (C=O) groups is 1. The largest absolute Gasteiger partial charge is 0.356 e. The molecule has 8 nitrogen and oxygen atoms in total. The van der Waals surface area contributed by atoms with Gasteiger partial charge in [-0.15, -0.1) is 0 Å². The summed E-state index contributed by atoms with van der Waals surface area (Å²) in [7, 11) is 2.03. The first kappa shape index (κ1) is 20.9. The van der Waals surface area contributed by atoms with Gasteiger partial charge in [0.25, 0.3) is 0 Å². The van der Waals surface area contributed by atoms with E-state index in [0.717, 1.165) is 48.3 Å². The van der Waals surface area contributed by atoms with Gasteiger partial charge in [0.1, 0.15) is 6.33 Å². The summed E-state index contributed by atoms with van der Waals surface area (Å²) >= 11 is 0. The summed E-state index contributed by atoms with van der Waals surface area (Å²) in [5.41, 5.74) is 3.96. The topological polar surface area (TPSA) is 95.9 Å². The SMILES string of the molecule is CN1CCC(=O)NCCCCc2cc(ccn2)-c2ncnc(n2)Nc2cccc(c2)C1. The van der Waals surface area contributed by atoms with Gasteiger partial charge in [0, 0.05) is 49.2 Å². The molecule has 31 heavy (non-hydrogen) atoms. The van der Waals surface area contributed by atoms with E-state index in [1.54, 1.807) is 6.20 Å². The van der Waals surface area contributed by atoms with Gasteiger partial charge in [0.05, 0.1) is 0 Å². The van der Waals surface area contributed by atoms with Crippen LogP contribution in [-0.2, 0) is 17.8 Å². The quantitative estimate of drug-likeness (QED) is 0.580. The Bertz CT molecular complexity index is 1040. The van der Waals surface area contributed by atoms with Crippen LogP contribution in [0.25, 0.3) is 11.4 Å². The molecule has 0 saturated carbocycles. The Hall–Kier alpha value is -3.39. The molecule has 0 aliphatic carbocycles. The molecule has 4 rings (SSSR count). The van der Waals surface area contributed by atoms with Crippen molar-refractivity contribution in [3.05, 3.63) is 60.2 Å². The van der Waals surface area contributed by atoms with E-state index >= 15 is 0 Å². The molecule has 0 spiro atoms. The molecule has 0 unspecified atom stereocenters. The molecule has 0 saturated heterocycles. The van der Waals surface area contributed by atoms with Gasteiger partial charge in [-0.05, 0) is 56.1 Å². The fourth-order valence-corrected chi connectivity index (χ4v) is 3.56. The fourth-order valence-electron chi connectivity index (χ4n) is 3.56. The molecule has 2 N–H and O–H groups in total. The highest BCUT2D eigenvalue weighted by Crippen LogP contribution is 2.20. The molecular weight excluding hydrogens is 390 g/mol. The van der Waals surface area contributed by atoms with E-state index in [1.807, 2.05) is 31.3 Å². The van der Waals surface area contributed by atoms with Crippen LogP contribution in [0.4, 0.5) is 11.6 Å². The number of hydrogen-bond acceptors (Lipinski definition) is 7. The zero-order valence-corrected chi connectivity index (χ0v) is 17.7. The number of nitrogens with zero attached hydrogens (tertiary/aromatic N) is 5. The zero-order valence-electron chi connectivity index (χ0n) is 17.7. The molecule has 0 fully saturated rings. The highest BCUT2D eigenvalue weighted by atomic mass is 16.1. The second kappa shape index (κ2) is 10.1. The number of rotatable bonds is 0. The fraction of sp³-hybridized carbons (Fsp3) is 0.348. The minimum atomic E-state index is 0.0958. The van der Waals surface area contributed by atoms with Gasteiger partial charge in [-0.3, -0.25) is 9.78 Å². The highest BCUT2D eigenvalue weighted by molar-refractivity contribution is 5.76. The molecule has 1 aromatic carbocycles. The van der Waals surface area contributed by atoms with E-state index < -0.39 is 0 Å². The van der Waals surface area contributed by atoms with Crippen LogP contribution < -0.4 is 10.6 Å². The Morgan fingerprint density at radius 1 is 1.03 bits per heavy atom. The smallest absolute Gasteiger partial charge is 0.230 e. The maximum Gasteiger partial charge on any atom is 0.230 e. The first-order valence-corrected chi connectivity index (χ1v) is 10.6. The number of benzene rings is 1. The van der Waals surface area contributed by atoms with Crippen molar-refractivity contribution in [3.8, 4) is 11.4 Å². The number of aryl methyl sites for hydroxylation is 1. The molecule has 6 bridgehead atoms. The lowest BCUT2D eigenvalue weighted by molar-refractivity contribution is -0.121. The predicted molar refractivity (Wildman–Crippen MR) is 120 cm³/mol. The van der Waals surface area contributed by atoms with Gasteiger partial charge in [0.15, 0.2) is 5.82 Å². The van der Waals surface area contributed by atoms with Crippen LogP contribution in [0.2, 0.25) is 0 Å². The van der Waals surface area contributed by atoms with Gasteiger partial charge in [-0.2, -0.15) is 4.98 Å². The van der Waals surface area contributed by atoms with Gasteiger partial charge in [-0.1, -0.05) is 12.1 Å². The second-order valence-corrected chi connectivity index (χ2v) is 7.79. The van der Waals surface area contributed by atoms with Crippen molar-refractivity contribution in [1.29, 1.82) is 0 Å². The van der Waals surface area contributed by atoms with E-state index in [0.29, 0.717) is 31.3 Å². The minimum absolute atomic E-state index is 0.0958. The molecule has 0 atom stereocenters. The van der Waals surface area contributed by atoms with Crippen molar-refractivity contribution in [1.82, 2.24) is 30.2 Å². The van der Waals surface area contributed by atoms with Crippen molar-refractivity contribution in [2.45, 2.75) is 32.2 Å². The van der Waals surface area contributed by atoms with E-state index in [2.05, 4.69) is 47.6 Å². The summed E-state index contributed by atoms with van der Waals surface area (Å²) in [6.07, 6.45) is 6.52. The number of fused-ring (bicyclic) bond motifs is 7. The standard InChI is InChI=1S/C23H27N7O/c1-30-12-9-21(31)25-10-3-2-6-19-14-18(8-11-24-19)22-26-16-27-23(29-22)28-20-7-4-5-17(13-20)15-30/h4-5,7-8,11,13-14,16H,2-3,6,9-10,12,15H2,1H3,(H,25,31)(H,26,27,28,29). The second-order valence-electron chi connectivity index (χ2n) is 7.79. The molecule has 3 aromatic rings. The van der Waals surface area contributed by atoms with E-state index in [-0.39, 0.29) is 5.91 Å². The predicted octanol–water partition coefficient (Wildman–Crippen LogP) is 2.95. The van der Waals surface area contributed by atoms with Crippen LogP contribution in [0.1, 0.15) is 30.5 Å². The van der Waals surface area contributed by atoms with Crippen LogP contribution in [0, 0.1) is 0 Å². The molecule has 2 aromatic heterocycles. The Labute approximate surface area is 182 Å². The van der Waals surface area contributed by atoms with Gasteiger partial charge >= 0.3 is 0 Å². The average molecular weight is 418 g/mol. The molecule has 3 heterocycles. The first-order chi connectivity index (χ1) is 15.2. The molecule has 160 valence electrons. The third kappa shape index (κ3) is 6.05. The van der Waals surface area contributed by atoms with Crippen LogP contribution >= 0.6 is 0 Å². The summed E-state index contributed by atoms with van der Waals surface area (Å²) < 4.78 is 0. The first-order valence-electron chi connectivity index (χ1n) is 10.6. The van der Waals surface area contributed by atoms with E-state index in [1.165, 1.54) is 6.33 Å². The lowest BCUT2D eigenvalue weighted by Gasteiger charge is -2.17. The molecule has 1 aliphatic rings. The summed E-state index contributed by atoms with van der Waals surface area (Å²) in [4.78, 5) is 32.0. The van der Waals surface area contributed by atoms with Crippen LogP contribution in [0.5, 0.6) is 0 Å². The zero-order chi connectivity index (χ0) is 21.5. The van der Waals surface area contributed by atoms with Crippen molar-refractivity contribution < 1.29 is 4.79 Å². The third-order valence-corrected chi connectivity index (χ3v) is 5.18. The maximum atomic E-state index is 12.1. The summed E-state index contributed by atoms with van der Waals surface area (Å²) in [5.74, 6) is 1.21. The van der Waals surface area contributed by atoms with Crippen LogP contribution in [0.3, 0.4) is 0 Å². The maximum absolute atomic E-state index is 12.1. The molecule has 0 radical (unpaired) electrons. The number of carbonyl (C=O) groups excluding carboxylic acids is 1. The highest BCUT2D eigenvalue weighted by Gasteiger charge is 2.09. The number of aromatic nitrogens is 4. The van der Waals surface area contributed by atoms with Crippen molar-refractivity contribution in [3.63, 3.8) is 0 Å². The van der Waals surface area contributed by atoms with E-state index in [4.69, 9.17) is 0 Å². The molecular formula is C23H27N7O. The Morgan fingerprint density at radius 3 is 2.90 bits per heavy atom. The number of pyridine rings is 1. The number of anilines is 2. The van der Waals surface area contributed by atoms with Gasteiger partial charge < -0.3 is 15.5 Å². The number of amides is 1. The Balaban J connectivity index is 1.60. The lowest BCUT2D eigenvalue weighted by atomic mass is 10.1. The normalized spacial score (nSPS) is 16.1. The average Bonchev–Trinajstić information content (AvgIpc) is 2.78. The summed E-state index contributed by atoms with van der Waals surface area (Å²) in [5, 5.41) is 6.29. The van der Waals surface area contributed by atoms with Crippen LogP contribution in [-0.4, -0.2) is 50.9 Å². The molecule has 1 aliphatic heterocycles. The van der Waals surface area contributed by atoms with Gasteiger partial charge in [0.2, 0.25) is 11.9 Å². The van der Waals surface area contributed by atoms with Crippen molar-refractivity contribution in [2.75, 3.05) is 25.5 Å². The monoisotopic (exact) mass is 417 g/mol. The molecule has 1 amide bonds. The molecule has 8 heteroatoms. The minimum Gasteiger partial charge on any atom is -0.356 e. The Morgan fingerprint density at radius 2 is 1.97 bits per heavy atom. The summed E-state index contributed by atoms with van der Waals surface area (Å²) in [6, 6.07) is 12.1. The van der Waals surface area contributed by atoms with Crippen molar-refractivity contribution in [2.24, 2.45) is 0 Å². The number of hydrogen-bond donors (Lipinski definition) is 2. The third-order valence-electron chi connectivity index (χ3n) is 5.18. The van der Waals surface area contributed by atoms with Gasteiger partial charge in [-0.25, -0.2) is 9.97 Å².